The number of halogens is 1. The molecule has 0 fully saturated rings. The van der Waals surface area contributed by atoms with E-state index < -0.39 is 0 Å². The van der Waals surface area contributed by atoms with E-state index in [1.54, 1.807) is 19.4 Å². The molecule has 9 heteroatoms. The number of para-hydroxylation sites is 1. The van der Waals surface area contributed by atoms with Crippen LogP contribution in [0.25, 0.3) is 22.3 Å². The fourth-order valence-electron chi connectivity index (χ4n) is 4.88. The SMILES string of the molecule is COc1c(Cl)cccc1Nc1c2[nH]c3c1C(=O)NC[C@H]3C/C=C/[C@H](C)Oc1ccc3nccc-2c3n1. The smallest absolute Gasteiger partial charge is 0.255 e. The number of carbonyl (C=O) groups is 1. The summed E-state index contributed by atoms with van der Waals surface area (Å²) in [5.74, 6) is 0.915. The molecule has 0 radical (unpaired) electrons. The van der Waals surface area contributed by atoms with Crippen LogP contribution in [0, 0.1) is 0 Å². The Morgan fingerprint density at radius 1 is 1.22 bits per heavy atom. The number of nitrogens with one attached hydrogen (secondary N) is 3. The van der Waals surface area contributed by atoms with Crippen molar-refractivity contribution in [1.82, 2.24) is 20.3 Å². The Morgan fingerprint density at radius 2 is 2.11 bits per heavy atom. The quantitative estimate of drug-likeness (QED) is 0.316. The third-order valence-electron chi connectivity index (χ3n) is 6.57. The van der Waals surface area contributed by atoms with Crippen LogP contribution >= 0.6 is 11.6 Å². The van der Waals surface area contributed by atoms with Crippen LogP contribution in [-0.4, -0.2) is 40.6 Å². The van der Waals surface area contributed by atoms with Crippen molar-refractivity contribution in [1.29, 1.82) is 0 Å². The number of pyridine rings is 2. The number of hydrogen-bond acceptors (Lipinski definition) is 6. The molecular weight excluding hydrogens is 478 g/mol. The van der Waals surface area contributed by atoms with Crippen molar-refractivity contribution in [2.45, 2.75) is 25.4 Å². The van der Waals surface area contributed by atoms with Gasteiger partial charge < -0.3 is 25.1 Å². The number of nitrogens with zero attached hydrogens (tertiary/aromatic N) is 2. The molecule has 4 bridgehead atoms. The van der Waals surface area contributed by atoms with Crippen LogP contribution in [0.5, 0.6) is 11.6 Å². The maximum absolute atomic E-state index is 13.3. The fourth-order valence-corrected chi connectivity index (χ4v) is 5.14. The highest BCUT2D eigenvalue weighted by Crippen LogP contribution is 2.44. The molecule has 0 unspecified atom stereocenters. The number of amides is 1. The van der Waals surface area contributed by atoms with Crippen LogP contribution in [0.1, 0.15) is 35.3 Å². The summed E-state index contributed by atoms with van der Waals surface area (Å²) in [5.41, 5.74) is 5.64. The van der Waals surface area contributed by atoms with E-state index in [-0.39, 0.29) is 17.9 Å². The van der Waals surface area contributed by atoms with Crippen LogP contribution < -0.4 is 20.1 Å². The largest absolute Gasteiger partial charge is 0.493 e. The van der Waals surface area contributed by atoms with Crippen molar-refractivity contribution in [2.24, 2.45) is 0 Å². The second kappa shape index (κ2) is 8.87. The van der Waals surface area contributed by atoms with Crippen molar-refractivity contribution >= 4 is 39.9 Å². The summed E-state index contributed by atoms with van der Waals surface area (Å²) in [6.07, 6.45) is 6.43. The average molecular weight is 502 g/mol. The van der Waals surface area contributed by atoms with Gasteiger partial charge in [0.15, 0.2) is 5.75 Å². The molecule has 4 aromatic rings. The predicted molar refractivity (Wildman–Crippen MR) is 140 cm³/mol. The first-order chi connectivity index (χ1) is 17.5. The summed E-state index contributed by atoms with van der Waals surface area (Å²) in [7, 11) is 1.57. The first-order valence-corrected chi connectivity index (χ1v) is 12.1. The Morgan fingerprint density at radius 3 is 2.97 bits per heavy atom. The molecule has 0 saturated heterocycles. The first-order valence-electron chi connectivity index (χ1n) is 11.8. The van der Waals surface area contributed by atoms with Gasteiger partial charge in [0.1, 0.15) is 11.6 Å². The zero-order valence-corrected chi connectivity index (χ0v) is 20.5. The lowest BCUT2D eigenvalue weighted by atomic mass is 9.93. The fraction of sp³-hybridized carbons (Fsp3) is 0.222. The Labute approximate surface area is 212 Å². The van der Waals surface area contributed by atoms with Crippen LogP contribution in [0.2, 0.25) is 5.02 Å². The number of H-pyrrole nitrogens is 1. The van der Waals surface area contributed by atoms with Gasteiger partial charge in [-0.15, -0.1) is 0 Å². The van der Waals surface area contributed by atoms with Crippen LogP contribution in [0.3, 0.4) is 0 Å². The summed E-state index contributed by atoms with van der Waals surface area (Å²) < 4.78 is 11.6. The number of carbonyl (C=O) groups excluding carboxylic acids is 1. The number of aromatic nitrogens is 3. The summed E-state index contributed by atoms with van der Waals surface area (Å²) in [4.78, 5) is 26.1. The van der Waals surface area contributed by atoms with Crippen molar-refractivity contribution < 1.29 is 14.3 Å². The number of fused-ring (bicyclic) bond motifs is 3. The van der Waals surface area contributed by atoms with E-state index in [1.165, 1.54) is 0 Å². The van der Waals surface area contributed by atoms with E-state index in [2.05, 4.69) is 26.7 Å². The van der Waals surface area contributed by atoms with Gasteiger partial charge >= 0.3 is 0 Å². The summed E-state index contributed by atoms with van der Waals surface area (Å²) in [6, 6.07) is 11.1. The lowest BCUT2D eigenvalue weighted by molar-refractivity contribution is 0.0941. The summed E-state index contributed by atoms with van der Waals surface area (Å²) in [5, 5.41) is 6.97. The predicted octanol–water partition coefficient (Wildman–Crippen LogP) is 5.58. The molecule has 2 aliphatic rings. The van der Waals surface area contributed by atoms with Crippen LogP contribution in [0.4, 0.5) is 11.4 Å². The summed E-state index contributed by atoms with van der Waals surface area (Å²) >= 11 is 6.40. The number of methoxy groups -OCH3 is 1. The van der Waals surface area contributed by atoms with Crippen molar-refractivity contribution in [2.75, 3.05) is 19.0 Å². The second-order valence-corrected chi connectivity index (χ2v) is 9.29. The van der Waals surface area contributed by atoms with Gasteiger partial charge in [-0.05, 0) is 43.7 Å². The molecule has 0 aliphatic carbocycles. The highest BCUT2D eigenvalue weighted by Gasteiger charge is 2.33. The van der Waals surface area contributed by atoms with E-state index >= 15 is 0 Å². The highest BCUT2D eigenvalue weighted by atomic mass is 35.5. The zero-order chi connectivity index (χ0) is 24.8. The standard InChI is InChI=1S/C27H24ClN5O3/c1-14-5-3-6-15-13-30-27(34)21-22(15)33-24(25(21)31-19-8-4-7-17(28)26(19)35-2)16-11-12-29-18-9-10-20(36-14)32-23(16)18/h3-5,7-12,14-15,31,33H,6,13H2,1-2H3,(H,30,34)/b5-3+/t14-,15+/m0/s1. The minimum atomic E-state index is -0.153. The molecule has 2 aliphatic heterocycles. The third kappa shape index (κ3) is 3.74. The second-order valence-electron chi connectivity index (χ2n) is 8.88. The molecule has 8 nitrogen and oxygen atoms in total. The zero-order valence-electron chi connectivity index (χ0n) is 19.8. The molecule has 3 aromatic heterocycles. The van der Waals surface area contributed by atoms with Gasteiger partial charge in [-0.3, -0.25) is 9.78 Å². The molecule has 36 heavy (non-hydrogen) atoms. The molecule has 1 amide bonds. The van der Waals surface area contributed by atoms with E-state index in [0.717, 1.165) is 28.9 Å². The van der Waals surface area contributed by atoms with Gasteiger partial charge in [-0.1, -0.05) is 23.7 Å². The number of hydrogen-bond donors (Lipinski definition) is 3. The van der Waals surface area contributed by atoms with Gasteiger partial charge in [0.05, 0.1) is 40.3 Å². The van der Waals surface area contributed by atoms with Gasteiger partial charge in [-0.25, -0.2) is 4.98 Å². The molecule has 2 atom stereocenters. The van der Waals surface area contributed by atoms with E-state index in [0.29, 0.717) is 45.7 Å². The van der Waals surface area contributed by atoms with Gasteiger partial charge in [0.25, 0.3) is 5.91 Å². The van der Waals surface area contributed by atoms with Gasteiger partial charge in [0.2, 0.25) is 5.88 Å². The highest BCUT2D eigenvalue weighted by molar-refractivity contribution is 6.32. The topological polar surface area (TPSA) is 101 Å². The number of benzene rings is 1. The van der Waals surface area contributed by atoms with Crippen molar-refractivity contribution in [3.63, 3.8) is 0 Å². The Bertz CT molecular complexity index is 1530. The minimum Gasteiger partial charge on any atom is -0.493 e. The monoisotopic (exact) mass is 501 g/mol. The number of aromatic amines is 1. The molecular formula is C27H24ClN5O3. The van der Waals surface area contributed by atoms with E-state index in [1.807, 2.05) is 43.3 Å². The molecule has 182 valence electrons. The Balaban J connectivity index is 1.64. The van der Waals surface area contributed by atoms with Crippen molar-refractivity contribution in [3.05, 3.63) is 71.0 Å². The normalized spacial score (nSPS) is 19.5. The molecule has 0 spiro atoms. The Hall–Kier alpha value is -4.04. The number of ether oxygens (including phenoxy) is 2. The maximum Gasteiger partial charge on any atom is 0.255 e. The number of allylic oxidation sites excluding steroid dienone is 1. The molecule has 5 heterocycles. The lowest BCUT2D eigenvalue weighted by Gasteiger charge is -2.23. The van der Waals surface area contributed by atoms with Gasteiger partial charge in [0, 0.05) is 36.0 Å². The Kier molecular flexibility index (Phi) is 5.53. The van der Waals surface area contributed by atoms with Crippen LogP contribution in [0.15, 0.2) is 54.7 Å². The molecule has 0 saturated carbocycles. The summed E-state index contributed by atoms with van der Waals surface area (Å²) in [6.45, 7) is 2.51. The van der Waals surface area contributed by atoms with Crippen molar-refractivity contribution in [3.8, 4) is 22.9 Å². The first kappa shape index (κ1) is 22.4. The van der Waals surface area contributed by atoms with E-state index in [9.17, 15) is 4.79 Å². The number of anilines is 2. The minimum absolute atomic E-state index is 0.0610. The molecule has 3 N–H and O–H groups in total. The lowest BCUT2D eigenvalue weighted by Crippen LogP contribution is -2.34. The van der Waals surface area contributed by atoms with Crippen LogP contribution in [-0.2, 0) is 0 Å². The van der Waals surface area contributed by atoms with Gasteiger partial charge in [-0.2, -0.15) is 0 Å². The maximum atomic E-state index is 13.3. The molecule has 6 rings (SSSR count). The van der Waals surface area contributed by atoms with E-state index in [4.69, 9.17) is 26.1 Å². The third-order valence-corrected chi connectivity index (χ3v) is 6.86. The number of rotatable bonds is 3. The molecule has 1 aromatic carbocycles. The average Bonchev–Trinajstić information content (AvgIpc) is 3.25.